The van der Waals surface area contributed by atoms with E-state index in [2.05, 4.69) is 20.7 Å². The number of carboxylic acid groups (broad SMARTS) is 1. The smallest absolute Gasteiger partial charge is 0.324 e. The SMILES string of the molecule is COC(=O)C(C(=O)O)c1ccc(Br)cc1. The highest BCUT2D eigenvalue weighted by Gasteiger charge is 2.28. The molecule has 1 rings (SSSR count). The van der Waals surface area contributed by atoms with Crippen LogP contribution >= 0.6 is 15.9 Å². The molecule has 0 aliphatic carbocycles. The number of aliphatic carboxylic acids is 1. The standard InChI is InChI=1S/C10H9BrO4/c1-15-10(14)8(9(12)13)6-2-4-7(11)5-3-6/h2-5,8H,1H3,(H,12,13). The molecule has 0 bridgehead atoms. The molecule has 4 nitrogen and oxygen atoms in total. The van der Waals surface area contributed by atoms with Crippen LogP contribution in [0.3, 0.4) is 0 Å². The second kappa shape index (κ2) is 4.93. The second-order valence-electron chi connectivity index (χ2n) is 2.85. The summed E-state index contributed by atoms with van der Waals surface area (Å²) in [6.07, 6.45) is 0. The van der Waals surface area contributed by atoms with Crippen LogP contribution < -0.4 is 0 Å². The van der Waals surface area contributed by atoms with E-state index in [4.69, 9.17) is 5.11 Å². The number of esters is 1. The van der Waals surface area contributed by atoms with Gasteiger partial charge in [0, 0.05) is 4.47 Å². The summed E-state index contributed by atoms with van der Waals surface area (Å²) in [5.41, 5.74) is 0.401. The van der Waals surface area contributed by atoms with E-state index in [-0.39, 0.29) is 0 Å². The molecule has 80 valence electrons. The minimum Gasteiger partial charge on any atom is -0.480 e. The molecule has 0 heterocycles. The number of carboxylic acids is 1. The summed E-state index contributed by atoms with van der Waals surface area (Å²) in [6, 6.07) is 6.49. The zero-order valence-corrected chi connectivity index (χ0v) is 9.52. The van der Waals surface area contributed by atoms with E-state index in [0.717, 1.165) is 11.6 Å². The van der Waals surface area contributed by atoms with Gasteiger partial charge in [0.1, 0.15) is 0 Å². The van der Waals surface area contributed by atoms with Crippen molar-refractivity contribution >= 4 is 27.9 Å². The molecule has 0 saturated carbocycles. The number of benzene rings is 1. The quantitative estimate of drug-likeness (QED) is 0.673. The van der Waals surface area contributed by atoms with Gasteiger partial charge in [-0.15, -0.1) is 0 Å². The van der Waals surface area contributed by atoms with Crippen molar-refractivity contribution in [1.29, 1.82) is 0 Å². The Labute approximate surface area is 95.0 Å². The molecular weight excluding hydrogens is 264 g/mol. The Hall–Kier alpha value is -1.36. The Bertz CT molecular complexity index is 372. The van der Waals surface area contributed by atoms with Crippen molar-refractivity contribution in [2.45, 2.75) is 5.92 Å². The van der Waals surface area contributed by atoms with Gasteiger partial charge in [-0.05, 0) is 17.7 Å². The first-order chi connectivity index (χ1) is 7.06. The lowest BCUT2D eigenvalue weighted by Crippen LogP contribution is -2.22. The van der Waals surface area contributed by atoms with Crippen LogP contribution in [0.4, 0.5) is 0 Å². The molecule has 1 atom stereocenters. The van der Waals surface area contributed by atoms with Gasteiger partial charge in [-0.3, -0.25) is 9.59 Å². The summed E-state index contributed by atoms with van der Waals surface area (Å²) in [7, 11) is 1.16. The van der Waals surface area contributed by atoms with Gasteiger partial charge in [0.15, 0.2) is 5.92 Å². The Morgan fingerprint density at radius 2 is 1.87 bits per heavy atom. The highest BCUT2D eigenvalue weighted by atomic mass is 79.9. The first kappa shape index (κ1) is 11.7. The number of rotatable bonds is 3. The van der Waals surface area contributed by atoms with Crippen molar-refractivity contribution in [3.05, 3.63) is 34.3 Å². The van der Waals surface area contributed by atoms with Gasteiger partial charge in [-0.25, -0.2) is 0 Å². The van der Waals surface area contributed by atoms with Gasteiger partial charge in [-0.2, -0.15) is 0 Å². The van der Waals surface area contributed by atoms with Crippen LogP contribution in [0.1, 0.15) is 11.5 Å². The maximum atomic E-state index is 11.2. The largest absolute Gasteiger partial charge is 0.480 e. The lowest BCUT2D eigenvalue weighted by Gasteiger charge is -2.09. The third kappa shape index (κ3) is 2.79. The molecule has 0 aliphatic rings. The number of ether oxygens (including phenoxy) is 1. The molecule has 1 unspecified atom stereocenters. The van der Waals surface area contributed by atoms with Crippen LogP contribution in [0.5, 0.6) is 0 Å². The minimum atomic E-state index is -1.26. The summed E-state index contributed by atoms with van der Waals surface area (Å²) in [5.74, 6) is -3.25. The van der Waals surface area contributed by atoms with Crippen molar-refractivity contribution in [1.82, 2.24) is 0 Å². The van der Waals surface area contributed by atoms with Crippen molar-refractivity contribution in [3.8, 4) is 0 Å². The van der Waals surface area contributed by atoms with Gasteiger partial charge in [0.25, 0.3) is 0 Å². The molecule has 0 aliphatic heterocycles. The molecule has 1 N–H and O–H groups in total. The molecular formula is C10H9BrO4. The molecule has 0 radical (unpaired) electrons. The van der Waals surface area contributed by atoms with Crippen LogP contribution in [0.2, 0.25) is 0 Å². The Balaban J connectivity index is 3.04. The monoisotopic (exact) mass is 272 g/mol. The first-order valence-corrected chi connectivity index (χ1v) is 4.91. The van der Waals surface area contributed by atoms with Crippen molar-refractivity contribution in [2.24, 2.45) is 0 Å². The molecule has 0 spiro atoms. The van der Waals surface area contributed by atoms with Crippen LogP contribution in [-0.4, -0.2) is 24.2 Å². The van der Waals surface area contributed by atoms with Gasteiger partial charge in [0.2, 0.25) is 0 Å². The number of hydrogen-bond acceptors (Lipinski definition) is 3. The van der Waals surface area contributed by atoms with Crippen LogP contribution in [-0.2, 0) is 14.3 Å². The topological polar surface area (TPSA) is 63.6 Å². The van der Waals surface area contributed by atoms with E-state index in [0.29, 0.717) is 5.56 Å². The van der Waals surface area contributed by atoms with Gasteiger partial charge in [0.05, 0.1) is 7.11 Å². The molecule has 0 fully saturated rings. The Morgan fingerprint density at radius 1 is 1.33 bits per heavy atom. The highest BCUT2D eigenvalue weighted by Crippen LogP contribution is 2.20. The third-order valence-electron chi connectivity index (χ3n) is 1.89. The molecule has 1 aromatic rings. The fourth-order valence-electron chi connectivity index (χ4n) is 1.15. The number of hydrogen-bond donors (Lipinski definition) is 1. The number of carbonyl (C=O) groups excluding carboxylic acids is 1. The second-order valence-corrected chi connectivity index (χ2v) is 3.76. The Morgan fingerprint density at radius 3 is 2.27 bits per heavy atom. The summed E-state index contributed by atoms with van der Waals surface area (Å²) in [6.45, 7) is 0. The average molecular weight is 273 g/mol. The van der Waals surface area contributed by atoms with Crippen molar-refractivity contribution in [2.75, 3.05) is 7.11 Å². The number of carbonyl (C=O) groups is 2. The molecule has 1 aromatic carbocycles. The van der Waals surface area contributed by atoms with Crippen LogP contribution in [0, 0.1) is 0 Å². The average Bonchev–Trinajstić information content (AvgIpc) is 2.20. The van der Waals surface area contributed by atoms with E-state index in [1.807, 2.05) is 0 Å². The van der Waals surface area contributed by atoms with E-state index >= 15 is 0 Å². The van der Waals surface area contributed by atoms with Gasteiger partial charge < -0.3 is 9.84 Å². The molecule has 15 heavy (non-hydrogen) atoms. The minimum absolute atomic E-state index is 0.401. The summed E-state index contributed by atoms with van der Waals surface area (Å²) < 4.78 is 5.25. The van der Waals surface area contributed by atoms with Crippen LogP contribution in [0.25, 0.3) is 0 Å². The van der Waals surface area contributed by atoms with Gasteiger partial charge >= 0.3 is 11.9 Å². The molecule has 5 heteroatoms. The maximum Gasteiger partial charge on any atom is 0.324 e. The van der Waals surface area contributed by atoms with Crippen molar-refractivity contribution in [3.63, 3.8) is 0 Å². The predicted octanol–water partition coefficient (Wildman–Crippen LogP) is 1.79. The van der Waals surface area contributed by atoms with E-state index in [1.54, 1.807) is 24.3 Å². The first-order valence-electron chi connectivity index (χ1n) is 4.12. The number of halogens is 1. The summed E-state index contributed by atoms with van der Waals surface area (Å²) in [5, 5.41) is 8.88. The highest BCUT2D eigenvalue weighted by molar-refractivity contribution is 9.10. The fourth-order valence-corrected chi connectivity index (χ4v) is 1.42. The summed E-state index contributed by atoms with van der Waals surface area (Å²) in [4.78, 5) is 22.1. The Kier molecular flexibility index (Phi) is 3.85. The van der Waals surface area contributed by atoms with E-state index < -0.39 is 17.9 Å². The van der Waals surface area contributed by atoms with Crippen LogP contribution in [0.15, 0.2) is 28.7 Å². The molecule has 0 amide bonds. The molecule has 0 aromatic heterocycles. The fraction of sp³-hybridized carbons (Fsp3) is 0.200. The van der Waals surface area contributed by atoms with E-state index in [1.165, 1.54) is 0 Å². The third-order valence-corrected chi connectivity index (χ3v) is 2.42. The zero-order chi connectivity index (χ0) is 11.4. The predicted molar refractivity (Wildman–Crippen MR) is 56.5 cm³/mol. The molecule has 0 saturated heterocycles. The number of methoxy groups -OCH3 is 1. The van der Waals surface area contributed by atoms with E-state index in [9.17, 15) is 9.59 Å². The normalized spacial score (nSPS) is 11.9. The van der Waals surface area contributed by atoms with Crippen molar-refractivity contribution < 1.29 is 19.4 Å². The summed E-state index contributed by atoms with van der Waals surface area (Å²) >= 11 is 3.22. The zero-order valence-electron chi connectivity index (χ0n) is 7.94. The lowest BCUT2D eigenvalue weighted by atomic mass is 10.00. The maximum absolute atomic E-state index is 11.2. The van der Waals surface area contributed by atoms with Gasteiger partial charge in [-0.1, -0.05) is 28.1 Å². The lowest BCUT2D eigenvalue weighted by molar-refractivity contribution is -0.152.